The van der Waals surface area contributed by atoms with E-state index >= 15 is 0 Å². The van der Waals surface area contributed by atoms with Gasteiger partial charge in [-0.15, -0.1) is 0 Å². The summed E-state index contributed by atoms with van der Waals surface area (Å²) in [5.41, 5.74) is 3.70. The Hall–Kier alpha value is -1.52. The zero-order valence-electron chi connectivity index (χ0n) is 5.77. The Labute approximate surface area is 65.8 Å². The highest BCUT2D eigenvalue weighted by Crippen LogP contribution is 2.13. The van der Waals surface area contributed by atoms with E-state index in [1.165, 1.54) is 0 Å². The maximum atomic E-state index is 12.6. The summed E-state index contributed by atoms with van der Waals surface area (Å²) in [6.07, 6.45) is 0. The van der Waals surface area contributed by atoms with Gasteiger partial charge < -0.3 is 5.73 Å². The van der Waals surface area contributed by atoms with E-state index in [2.05, 4.69) is 5.73 Å². The Morgan fingerprint density at radius 3 is 1.92 bits per heavy atom. The molecule has 1 rings (SSSR count). The van der Waals surface area contributed by atoms with Crippen LogP contribution in [0.25, 0.3) is 0 Å². The zero-order valence-corrected chi connectivity index (χ0v) is 5.77. The van der Waals surface area contributed by atoms with Crippen molar-refractivity contribution in [2.45, 2.75) is 0 Å². The van der Waals surface area contributed by atoms with Crippen LogP contribution in [0, 0.1) is 17.5 Å². The Morgan fingerprint density at radius 2 is 1.58 bits per heavy atom. The van der Waals surface area contributed by atoms with Crippen LogP contribution >= 0.6 is 0 Å². The first-order valence-electron chi connectivity index (χ1n) is 2.96. The topological polar surface area (TPSA) is 43.1 Å². The molecule has 0 saturated carbocycles. The number of benzene rings is 1. The molecule has 1 aromatic rings. The van der Waals surface area contributed by atoms with E-state index in [1.807, 2.05) is 0 Å². The van der Waals surface area contributed by atoms with Gasteiger partial charge in [0.15, 0.2) is 0 Å². The summed E-state index contributed by atoms with van der Waals surface area (Å²) in [5, 5.41) is 0. The second kappa shape index (κ2) is 2.84. The second-order valence-corrected chi connectivity index (χ2v) is 2.11. The molecule has 2 N–H and O–H groups in total. The number of hydrogen-bond donors (Lipinski definition) is 1. The highest BCUT2D eigenvalue weighted by molar-refractivity contribution is 5.93. The van der Waals surface area contributed by atoms with Crippen molar-refractivity contribution in [3.05, 3.63) is 35.1 Å². The average molecular weight is 175 g/mol. The van der Waals surface area contributed by atoms with E-state index in [4.69, 9.17) is 0 Å². The monoisotopic (exact) mass is 175 g/mol. The maximum Gasteiger partial charge on any atom is 0.254 e. The minimum absolute atomic E-state index is 0.392. The van der Waals surface area contributed by atoms with Crippen molar-refractivity contribution >= 4 is 5.91 Å². The van der Waals surface area contributed by atoms with Crippen molar-refractivity contribution in [1.82, 2.24) is 0 Å². The molecule has 0 atom stereocenters. The molecule has 1 aromatic carbocycles. The molecule has 0 aromatic heterocycles. The standard InChI is InChI=1S/C7H4F3NO/c8-3-1-4(9)6(7(11)12)5(10)2-3/h1-2H,(H2,11,12). The van der Waals surface area contributed by atoms with Crippen molar-refractivity contribution in [3.8, 4) is 0 Å². The molecule has 0 aliphatic heterocycles. The van der Waals surface area contributed by atoms with Gasteiger partial charge in [0, 0.05) is 12.1 Å². The molecular weight excluding hydrogens is 171 g/mol. The Bertz CT molecular complexity index is 314. The van der Waals surface area contributed by atoms with Gasteiger partial charge in [0.1, 0.15) is 23.0 Å². The fourth-order valence-electron chi connectivity index (χ4n) is 0.778. The summed E-state index contributed by atoms with van der Waals surface area (Å²) in [6.45, 7) is 0. The summed E-state index contributed by atoms with van der Waals surface area (Å²) < 4.78 is 37.4. The fraction of sp³-hybridized carbons (Fsp3) is 0. The molecule has 0 radical (unpaired) electrons. The third-order valence-corrected chi connectivity index (χ3v) is 1.25. The Morgan fingerprint density at radius 1 is 1.17 bits per heavy atom. The molecule has 0 heterocycles. The van der Waals surface area contributed by atoms with Gasteiger partial charge in [0.25, 0.3) is 5.91 Å². The number of amides is 1. The number of primary amides is 1. The Balaban J connectivity index is 3.38. The first-order chi connectivity index (χ1) is 5.52. The van der Waals surface area contributed by atoms with Crippen LogP contribution in [-0.4, -0.2) is 5.91 Å². The lowest BCUT2D eigenvalue weighted by Gasteiger charge is -1.99. The van der Waals surface area contributed by atoms with Gasteiger partial charge in [-0.25, -0.2) is 13.2 Å². The molecule has 12 heavy (non-hydrogen) atoms. The van der Waals surface area contributed by atoms with Crippen molar-refractivity contribution in [2.75, 3.05) is 0 Å². The van der Waals surface area contributed by atoms with Crippen LogP contribution < -0.4 is 5.73 Å². The average Bonchev–Trinajstić information content (AvgIpc) is 1.82. The van der Waals surface area contributed by atoms with Gasteiger partial charge in [-0.2, -0.15) is 0 Å². The van der Waals surface area contributed by atoms with Crippen LogP contribution in [0.4, 0.5) is 13.2 Å². The van der Waals surface area contributed by atoms with Gasteiger partial charge >= 0.3 is 0 Å². The molecule has 0 spiro atoms. The summed E-state index contributed by atoms with van der Waals surface area (Å²) in [6, 6.07) is 0.784. The molecule has 2 nitrogen and oxygen atoms in total. The van der Waals surface area contributed by atoms with Crippen molar-refractivity contribution in [2.24, 2.45) is 5.73 Å². The maximum absolute atomic E-state index is 12.6. The van der Waals surface area contributed by atoms with E-state index in [0.29, 0.717) is 12.1 Å². The molecule has 0 bridgehead atoms. The molecule has 5 heteroatoms. The van der Waals surface area contributed by atoms with Gasteiger partial charge in [-0.3, -0.25) is 4.79 Å². The van der Waals surface area contributed by atoms with Gasteiger partial charge in [-0.05, 0) is 0 Å². The third-order valence-electron chi connectivity index (χ3n) is 1.25. The van der Waals surface area contributed by atoms with E-state index in [-0.39, 0.29) is 0 Å². The highest BCUT2D eigenvalue weighted by Gasteiger charge is 2.15. The van der Waals surface area contributed by atoms with Gasteiger partial charge in [-0.1, -0.05) is 0 Å². The molecule has 1 amide bonds. The smallest absolute Gasteiger partial charge is 0.254 e. The number of hydrogen-bond acceptors (Lipinski definition) is 1. The number of rotatable bonds is 1. The minimum Gasteiger partial charge on any atom is -0.365 e. The summed E-state index contributed by atoms with van der Waals surface area (Å²) in [4.78, 5) is 10.4. The van der Waals surface area contributed by atoms with Crippen LogP contribution in [0.5, 0.6) is 0 Å². The first-order valence-corrected chi connectivity index (χ1v) is 2.96. The third kappa shape index (κ3) is 1.39. The number of halogens is 3. The van der Waals surface area contributed by atoms with Crippen LogP contribution in [0.3, 0.4) is 0 Å². The molecule has 64 valence electrons. The number of carbonyl (C=O) groups is 1. The first kappa shape index (κ1) is 8.58. The molecule has 0 aliphatic rings. The zero-order chi connectivity index (χ0) is 9.30. The predicted molar refractivity (Wildman–Crippen MR) is 34.8 cm³/mol. The molecular formula is C7H4F3NO. The van der Waals surface area contributed by atoms with Crippen molar-refractivity contribution in [3.63, 3.8) is 0 Å². The minimum atomic E-state index is -1.29. The lowest BCUT2D eigenvalue weighted by atomic mass is 10.2. The van der Waals surface area contributed by atoms with Crippen molar-refractivity contribution in [1.29, 1.82) is 0 Å². The number of nitrogens with two attached hydrogens (primary N) is 1. The van der Waals surface area contributed by atoms with Crippen molar-refractivity contribution < 1.29 is 18.0 Å². The molecule has 0 saturated heterocycles. The Kier molecular flexibility index (Phi) is 2.03. The highest BCUT2D eigenvalue weighted by atomic mass is 19.1. The van der Waals surface area contributed by atoms with Crippen LogP contribution in [-0.2, 0) is 0 Å². The lowest BCUT2D eigenvalue weighted by Crippen LogP contribution is -2.15. The van der Waals surface area contributed by atoms with E-state index in [0.717, 1.165) is 0 Å². The number of carbonyl (C=O) groups excluding carboxylic acids is 1. The normalized spacial score (nSPS) is 9.92. The molecule has 0 fully saturated rings. The summed E-state index contributed by atoms with van der Waals surface area (Å²) in [7, 11) is 0. The van der Waals surface area contributed by atoms with Crippen LogP contribution in [0.15, 0.2) is 12.1 Å². The predicted octanol–water partition coefficient (Wildman–Crippen LogP) is 1.20. The molecule has 0 aliphatic carbocycles. The largest absolute Gasteiger partial charge is 0.365 e. The van der Waals surface area contributed by atoms with Gasteiger partial charge in [0.05, 0.1) is 0 Å². The van der Waals surface area contributed by atoms with Crippen LogP contribution in [0.1, 0.15) is 10.4 Å². The lowest BCUT2D eigenvalue weighted by molar-refractivity contribution is 0.0992. The van der Waals surface area contributed by atoms with E-state index in [1.54, 1.807) is 0 Å². The second-order valence-electron chi connectivity index (χ2n) is 2.11. The SMILES string of the molecule is NC(=O)c1c(F)cc(F)cc1F. The quantitative estimate of drug-likeness (QED) is 0.684. The molecule has 0 unspecified atom stereocenters. The van der Waals surface area contributed by atoms with E-state index < -0.39 is 28.9 Å². The van der Waals surface area contributed by atoms with Gasteiger partial charge in [0.2, 0.25) is 0 Å². The summed E-state index contributed by atoms with van der Waals surface area (Å²) >= 11 is 0. The fourth-order valence-corrected chi connectivity index (χ4v) is 0.778. The van der Waals surface area contributed by atoms with E-state index in [9.17, 15) is 18.0 Å². The van der Waals surface area contributed by atoms with Crippen LogP contribution in [0.2, 0.25) is 0 Å². The summed E-state index contributed by atoms with van der Waals surface area (Å²) in [5.74, 6) is -4.93.